The first-order valence-corrected chi connectivity index (χ1v) is 9.27. The number of halogens is 1. The third-order valence-electron chi connectivity index (χ3n) is 3.00. The van der Waals surface area contributed by atoms with E-state index in [9.17, 15) is 13.2 Å². The first kappa shape index (κ1) is 18.1. The maximum atomic E-state index is 12.0. The Bertz CT molecular complexity index is 853. The number of hydrogen-bond donors (Lipinski definition) is 2. The van der Waals surface area contributed by atoms with Gasteiger partial charge in [-0.2, -0.15) is 0 Å². The van der Waals surface area contributed by atoms with Gasteiger partial charge in [0.15, 0.2) is 6.61 Å². The van der Waals surface area contributed by atoms with E-state index in [1.54, 1.807) is 42.5 Å². The zero-order valence-corrected chi connectivity index (χ0v) is 14.7. The molecule has 0 spiro atoms. The van der Waals surface area contributed by atoms with Crippen LogP contribution in [-0.2, 0) is 14.8 Å². The van der Waals surface area contributed by atoms with Crippen LogP contribution in [0.25, 0.3) is 0 Å². The van der Waals surface area contributed by atoms with E-state index in [4.69, 9.17) is 16.3 Å². The normalized spacial score (nSPS) is 11.0. The number of anilines is 2. The Hall–Kier alpha value is -2.25. The smallest absolute Gasteiger partial charge is 0.262 e. The van der Waals surface area contributed by atoms with Crippen LogP contribution in [0.4, 0.5) is 11.4 Å². The van der Waals surface area contributed by atoms with Crippen molar-refractivity contribution in [2.45, 2.75) is 6.92 Å². The van der Waals surface area contributed by atoms with Crippen LogP contribution in [0.3, 0.4) is 0 Å². The van der Waals surface area contributed by atoms with Gasteiger partial charge in [0.1, 0.15) is 5.75 Å². The van der Waals surface area contributed by atoms with Gasteiger partial charge in [0.05, 0.1) is 17.6 Å². The third-order valence-corrected chi connectivity index (χ3v) is 4.01. The minimum absolute atomic E-state index is 0.214. The molecule has 0 saturated heterocycles. The van der Waals surface area contributed by atoms with Crippen molar-refractivity contribution < 1.29 is 17.9 Å². The van der Waals surface area contributed by atoms with Crippen LogP contribution in [-0.4, -0.2) is 27.2 Å². The predicted molar refractivity (Wildman–Crippen MR) is 95.2 cm³/mol. The first-order chi connectivity index (χ1) is 11.2. The number of nitrogens with one attached hydrogen (secondary N) is 2. The molecule has 0 aromatic heterocycles. The van der Waals surface area contributed by atoms with Gasteiger partial charge in [-0.3, -0.25) is 9.52 Å². The Kier molecular flexibility index (Phi) is 5.69. The summed E-state index contributed by atoms with van der Waals surface area (Å²) >= 11 is 5.93. The molecule has 0 fully saturated rings. The second-order valence-electron chi connectivity index (χ2n) is 5.17. The van der Waals surface area contributed by atoms with Crippen molar-refractivity contribution in [1.82, 2.24) is 0 Å². The van der Waals surface area contributed by atoms with E-state index >= 15 is 0 Å². The summed E-state index contributed by atoms with van der Waals surface area (Å²) in [7, 11) is -3.44. The van der Waals surface area contributed by atoms with Crippen LogP contribution >= 0.6 is 11.6 Å². The zero-order valence-electron chi connectivity index (χ0n) is 13.2. The van der Waals surface area contributed by atoms with E-state index in [2.05, 4.69) is 10.0 Å². The molecule has 2 aromatic carbocycles. The Morgan fingerprint density at radius 1 is 1.17 bits per heavy atom. The average molecular weight is 369 g/mol. The van der Waals surface area contributed by atoms with Gasteiger partial charge in [-0.15, -0.1) is 0 Å². The lowest BCUT2D eigenvalue weighted by molar-refractivity contribution is -0.118. The molecule has 1 amide bonds. The van der Waals surface area contributed by atoms with Crippen molar-refractivity contribution in [1.29, 1.82) is 0 Å². The van der Waals surface area contributed by atoms with Gasteiger partial charge in [0, 0.05) is 5.02 Å². The van der Waals surface area contributed by atoms with Gasteiger partial charge in [-0.1, -0.05) is 23.7 Å². The molecular weight excluding hydrogens is 352 g/mol. The maximum Gasteiger partial charge on any atom is 0.262 e. The Morgan fingerprint density at radius 2 is 1.83 bits per heavy atom. The molecule has 2 rings (SSSR count). The van der Waals surface area contributed by atoms with Crippen LogP contribution in [0.2, 0.25) is 5.02 Å². The molecule has 0 heterocycles. The molecule has 0 aliphatic heterocycles. The zero-order chi connectivity index (χ0) is 17.7. The van der Waals surface area contributed by atoms with Gasteiger partial charge < -0.3 is 10.1 Å². The van der Waals surface area contributed by atoms with Crippen molar-refractivity contribution in [3.63, 3.8) is 0 Å². The van der Waals surface area contributed by atoms with Gasteiger partial charge in [0.2, 0.25) is 10.0 Å². The molecule has 6 nitrogen and oxygen atoms in total. The standard InChI is InChI=1S/C16H17ClN2O4S/c1-11-9-12(7-8-13(11)17)23-10-16(20)18-14-5-3-4-6-15(14)19-24(2,21)22/h3-9,19H,10H2,1-2H3,(H,18,20). The van der Waals surface area contributed by atoms with E-state index in [0.29, 0.717) is 16.5 Å². The number of sulfonamides is 1. The van der Waals surface area contributed by atoms with Crippen LogP contribution < -0.4 is 14.8 Å². The summed E-state index contributed by atoms with van der Waals surface area (Å²) in [5.74, 6) is 0.111. The fourth-order valence-electron chi connectivity index (χ4n) is 1.92. The fourth-order valence-corrected chi connectivity index (χ4v) is 2.62. The summed E-state index contributed by atoms with van der Waals surface area (Å²) in [6.07, 6.45) is 1.04. The largest absolute Gasteiger partial charge is 0.484 e. The van der Waals surface area contributed by atoms with Crippen molar-refractivity contribution >= 4 is 38.9 Å². The first-order valence-electron chi connectivity index (χ1n) is 7.00. The number of amides is 1. The van der Waals surface area contributed by atoms with Crippen molar-refractivity contribution in [2.75, 3.05) is 22.9 Å². The highest BCUT2D eigenvalue weighted by Gasteiger charge is 2.10. The van der Waals surface area contributed by atoms with Crippen LogP contribution in [0.15, 0.2) is 42.5 Å². The van der Waals surface area contributed by atoms with Crippen LogP contribution in [0.1, 0.15) is 5.56 Å². The average Bonchev–Trinajstić information content (AvgIpc) is 2.49. The summed E-state index contributed by atoms with van der Waals surface area (Å²) in [6, 6.07) is 11.6. The Labute approximate surface area is 145 Å². The molecule has 8 heteroatoms. The lowest BCUT2D eigenvalue weighted by Gasteiger charge is -2.12. The second-order valence-corrected chi connectivity index (χ2v) is 7.32. The van der Waals surface area contributed by atoms with E-state index in [-0.39, 0.29) is 12.3 Å². The van der Waals surface area contributed by atoms with Gasteiger partial charge in [0.25, 0.3) is 5.91 Å². The highest BCUT2D eigenvalue weighted by molar-refractivity contribution is 7.92. The monoisotopic (exact) mass is 368 g/mol. The Balaban J connectivity index is 2.01. The highest BCUT2D eigenvalue weighted by Crippen LogP contribution is 2.23. The molecule has 0 bridgehead atoms. The van der Waals surface area contributed by atoms with E-state index < -0.39 is 15.9 Å². The van der Waals surface area contributed by atoms with E-state index in [1.807, 2.05) is 6.92 Å². The lowest BCUT2D eigenvalue weighted by atomic mass is 10.2. The number of ether oxygens (including phenoxy) is 1. The molecule has 0 radical (unpaired) electrons. The molecule has 0 atom stereocenters. The molecular formula is C16H17ClN2O4S. The lowest BCUT2D eigenvalue weighted by Crippen LogP contribution is -2.21. The number of hydrogen-bond acceptors (Lipinski definition) is 4. The summed E-state index contributed by atoms with van der Waals surface area (Å²) < 4.78 is 30.5. The molecule has 2 aromatic rings. The molecule has 2 N–H and O–H groups in total. The van der Waals surface area contributed by atoms with Gasteiger partial charge >= 0.3 is 0 Å². The number of aryl methyl sites for hydroxylation is 1. The topological polar surface area (TPSA) is 84.5 Å². The molecule has 0 saturated carbocycles. The SMILES string of the molecule is Cc1cc(OCC(=O)Nc2ccccc2NS(C)(=O)=O)ccc1Cl. The highest BCUT2D eigenvalue weighted by atomic mass is 35.5. The van der Waals surface area contributed by atoms with E-state index in [0.717, 1.165) is 11.8 Å². The molecule has 0 unspecified atom stereocenters. The number of carbonyl (C=O) groups excluding carboxylic acids is 1. The maximum absolute atomic E-state index is 12.0. The quantitative estimate of drug-likeness (QED) is 0.820. The molecule has 0 aliphatic rings. The number of rotatable bonds is 6. The third kappa shape index (κ3) is 5.43. The number of para-hydroxylation sites is 2. The summed E-state index contributed by atoms with van der Waals surface area (Å²) in [6.45, 7) is 1.62. The summed E-state index contributed by atoms with van der Waals surface area (Å²) in [5.41, 5.74) is 1.48. The van der Waals surface area contributed by atoms with E-state index in [1.165, 1.54) is 0 Å². The minimum Gasteiger partial charge on any atom is -0.484 e. The molecule has 24 heavy (non-hydrogen) atoms. The van der Waals surface area contributed by atoms with Crippen molar-refractivity contribution in [3.05, 3.63) is 53.1 Å². The van der Waals surface area contributed by atoms with Crippen molar-refractivity contribution in [2.24, 2.45) is 0 Å². The van der Waals surface area contributed by atoms with Gasteiger partial charge in [-0.25, -0.2) is 8.42 Å². The number of carbonyl (C=O) groups is 1. The second kappa shape index (κ2) is 7.55. The fraction of sp³-hybridized carbons (Fsp3) is 0.188. The predicted octanol–water partition coefficient (Wildman–Crippen LogP) is 3.04. The van der Waals surface area contributed by atoms with Gasteiger partial charge in [-0.05, 0) is 42.8 Å². The summed E-state index contributed by atoms with van der Waals surface area (Å²) in [5, 5.41) is 3.23. The molecule has 128 valence electrons. The molecule has 0 aliphatic carbocycles. The summed E-state index contributed by atoms with van der Waals surface area (Å²) in [4.78, 5) is 12.0. The minimum atomic E-state index is -3.44. The van der Waals surface area contributed by atoms with Crippen LogP contribution in [0, 0.1) is 6.92 Å². The Morgan fingerprint density at radius 3 is 2.46 bits per heavy atom. The van der Waals surface area contributed by atoms with Crippen LogP contribution in [0.5, 0.6) is 5.75 Å². The van der Waals surface area contributed by atoms with Crippen molar-refractivity contribution in [3.8, 4) is 5.75 Å². The number of benzene rings is 2.